The molecule has 47 heavy (non-hydrogen) atoms. The fourth-order valence-corrected chi connectivity index (χ4v) is 6.73. The minimum Gasteiger partial charge on any atom is -0.354 e. The second-order valence-corrected chi connectivity index (χ2v) is 14.2. The van der Waals surface area contributed by atoms with Crippen LogP contribution in [0.4, 0.5) is 18.0 Å². The van der Waals surface area contributed by atoms with Gasteiger partial charge in [0.15, 0.2) is 0 Å². The minimum atomic E-state index is -4.92. The third-order valence-corrected chi connectivity index (χ3v) is 10.2. The summed E-state index contributed by atoms with van der Waals surface area (Å²) in [7, 11) is -8.47. The Hall–Kier alpha value is -4.06. The maximum atomic E-state index is 13.9. The summed E-state index contributed by atoms with van der Waals surface area (Å²) in [5.41, 5.74) is 1.81. The highest BCUT2D eigenvalue weighted by Crippen LogP contribution is 2.38. The molecule has 2 aromatic carbocycles. The normalized spacial score (nSPS) is 12.8. The number of urea groups is 1. The summed E-state index contributed by atoms with van der Waals surface area (Å²) < 4.78 is 93.2. The number of amides is 2. The number of pyridine rings is 1. The van der Waals surface area contributed by atoms with Gasteiger partial charge in [-0.1, -0.05) is 30.3 Å². The lowest BCUT2D eigenvalue weighted by atomic mass is 9.98. The predicted molar refractivity (Wildman–Crippen MR) is 167 cm³/mol. The zero-order chi connectivity index (χ0) is 34.8. The number of rotatable bonds is 15. The zero-order valence-corrected chi connectivity index (χ0v) is 27.5. The van der Waals surface area contributed by atoms with Crippen molar-refractivity contribution in [2.24, 2.45) is 0 Å². The molecule has 12 nitrogen and oxygen atoms in total. The van der Waals surface area contributed by atoms with Crippen LogP contribution in [0.1, 0.15) is 49.4 Å². The van der Waals surface area contributed by atoms with E-state index in [9.17, 15) is 39.6 Å². The Labute approximate surface area is 271 Å². The van der Waals surface area contributed by atoms with Gasteiger partial charge in [0, 0.05) is 31.5 Å². The van der Waals surface area contributed by atoms with Gasteiger partial charge in [0.25, 0.3) is 0 Å². The van der Waals surface area contributed by atoms with Gasteiger partial charge < -0.3 is 15.5 Å². The molecule has 0 spiro atoms. The van der Waals surface area contributed by atoms with Crippen LogP contribution in [0.15, 0.2) is 71.9 Å². The number of nitrogens with one attached hydrogen (secondary N) is 3. The largest absolute Gasteiger partial charge is 0.417 e. The van der Waals surface area contributed by atoms with Crippen molar-refractivity contribution < 1.29 is 44.4 Å². The first-order chi connectivity index (χ1) is 22.1. The Morgan fingerprint density at radius 2 is 1.72 bits per heavy atom. The molecular weight excluding hydrogens is 663 g/mol. The number of aromatic nitrogens is 1. The minimum absolute atomic E-state index is 0.0293. The molecule has 2 amide bonds. The summed E-state index contributed by atoms with van der Waals surface area (Å²) in [6, 6.07) is 11.2. The molecule has 0 unspecified atom stereocenters. The molecular formula is C30H36F3N5O7S2. The van der Waals surface area contributed by atoms with E-state index < -0.39 is 61.3 Å². The first-order valence-electron chi connectivity index (χ1n) is 14.5. The molecule has 3 aromatic rings. The van der Waals surface area contributed by atoms with Gasteiger partial charge >= 0.3 is 18.2 Å². The highest BCUT2D eigenvalue weighted by atomic mass is 32.2. The van der Waals surface area contributed by atoms with Crippen molar-refractivity contribution in [3.05, 3.63) is 83.7 Å². The van der Waals surface area contributed by atoms with Crippen molar-refractivity contribution in [1.29, 1.82) is 0 Å². The Morgan fingerprint density at radius 3 is 2.40 bits per heavy atom. The molecule has 1 heterocycles. The molecule has 0 aliphatic carbocycles. The van der Waals surface area contributed by atoms with E-state index in [2.05, 4.69) is 20.5 Å². The predicted octanol–water partition coefficient (Wildman–Crippen LogP) is 4.30. The van der Waals surface area contributed by atoms with Crippen LogP contribution in [0.3, 0.4) is 0 Å². The van der Waals surface area contributed by atoms with Crippen molar-refractivity contribution in [2.45, 2.75) is 50.7 Å². The molecule has 17 heteroatoms. The summed E-state index contributed by atoms with van der Waals surface area (Å²) in [6.45, 7) is 4.01. The second kappa shape index (κ2) is 16.2. The van der Waals surface area contributed by atoms with E-state index in [4.69, 9.17) is 0 Å². The molecule has 0 fully saturated rings. The van der Waals surface area contributed by atoms with E-state index in [1.165, 1.54) is 13.0 Å². The molecule has 0 aliphatic rings. The fourth-order valence-electron chi connectivity index (χ4n) is 4.52. The number of carbonyl (C=O) groups excluding carboxylic acids is 2. The van der Waals surface area contributed by atoms with E-state index in [0.717, 1.165) is 39.2 Å². The third kappa shape index (κ3) is 10.5. The second-order valence-electron chi connectivity index (χ2n) is 10.4. The quantitative estimate of drug-likeness (QED) is 0.156. The summed E-state index contributed by atoms with van der Waals surface area (Å²) in [4.78, 5) is 32.9. The molecule has 0 bridgehead atoms. The monoisotopic (exact) mass is 699 g/mol. The number of sulfonamides is 2. The van der Waals surface area contributed by atoms with Crippen LogP contribution in [-0.2, 0) is 35.9 Å². The number of unbranched alkanes of at least 4 members (excludes halogenated alkanes) is 1. The van der Waals surface area contributed by atoms with E-state index in [1.54, 1.807) is 42.4 Å². The van der Waals surface area contributed by atoms with Crippen LogP contribution in [0.25, 0.3) is 11.1 Å². The van der Waals surface area contributed by atoms with Gasteiger partial charge in [0.2, 0.25) is 20.0 Å². The Balaban J connectivity index is 1.75. The lowest BCUT2D eigenvalue weighted by Crippen LogP contribution is -2.41. The Morgan fingerprint density at radius 1 is 1.00 bits per heavy atom. The average molecular weight is 700 g/mol. The lowest BCUT2D eigenvalue weighted by molar-refractivity contribution is -0.145. The van der Waals surface area contributed by atoms with Gasteiger partial charge in [-0.15, -0.1) is 0 Å². The first-order valence-corrected chi connectivity index (χ1v) is 17.6. The van der Waals surface area contributed by atoms with E-state index in [-0.39, 0.29) is 31.7 Å². The third-order valence-electron chi connectivity index (χ3n) is 7.06. The summed E-state index contributed by atoms with van der Waals surface area (Å²) >= 11 is 0. The molecule has 3 rings (SSSR count). The number of benzene rings is 2. The molecule has 1 aromatic heterocycles. The van der Waals surface area contributed by atoms with Crippen molar-refractivity contribution in [3.63, 3.8) is 0 Å². The van der Waals surface area contributed by atoms with Gasteiger partial charge in [0.1, 0.15) is 6.54 Å². The number of aryl methyl sites for hydroxylation is 1. The fraction of sp³-hybridized carbons (Fsp3) is 0.367. The average Bonchev–Trinajstić information content (AvgIpc) is 3.04. The van der Waals surface area contributed by atoms with Gasteiger partial charge in [-0.2, -0.15) is 17.5 Å². The highest BCUT2D eigenvalue weighted by molar-refractivity contribution is 7.89. The number of alkyl halides is 3. The van der Waals surface area contributed by atoms with Crippen molar-refractivity contribution in [3.8, 4) is 11.1 Å². The molecule has 0 saturated carbocycles. The highest BCUT2D eigenvalue weighted by Gasteiger charge is 2.40. The molecule has 0 saturated heterocycles. The van der Waals surface area contributed by atoms with E-state index in [1.807, 2.05) is 19.1 Å². The smallest absolute Gasteiger partial charge is 0.354 e. The standard InChI is InChI=1S/C30H36F3N5O7S2/c1-4-46(41,42)37-45-28(39)20-36-29(40)35-15-7-8-17-38(47(43,44)27-13-6-5-12-26(27)30(31,32)33)22(3)23-10-9-11-24(18-23)25-14-16-34-19-21(25)2/h5-6,9-14,16,18-19,22,37H,4,7-8,15,17,20H2,1-3H3,(H2,35,36,40)/t22-/m0/s1. The van der Waals surface area contributed by atoms with Crippen LogP contribution < -0.4 is 15.5 Å². The Kier molecular flexibility index (Phi) is 12.9. The Bertz CT molecular complexity index is 1770. The van der Waals surface area contributed by atoms with Gasteiger partial charge in [-0.05, 0) is 85.0 Å². The topological polar surface area (TPSA) is 164 Å². The van der Waals surface area contributed by atoms with Crippen LogP contribution in [0.5, 0.6) is 0 Å². The molecule has 0 radical (unpaired) electrons. The first kappa shape index (κ1) is 37.4. The lowest BCUT2D eigenvalue weighted by Gasteiger charge is -2.30. The SMILES string of the molecule is CCS(=O)(=O)NOC(=O)CNC(=O)NCCCCN([C@@H](C)c1cccc(-c2ccncc2C)c1)S(=O)(=O)c1ccccc1C(F)(F)F. The van der Waals surface area contributed by atoms with Crippen LogP contribution in [-0.4, -0.2) is 63.5 Å². The maximum absolute atomic E-state index is 13.9. The van der Waals surface area contributed by atoms with Crippen LogP contribution >= 0.6 is 0 Å². The molecule has 3 N–H and O–H groups in total. The summed E-state index contributed by atoms with van der Waals surface area (Å²) in [5.74, 6) is -1.38. The number of nitrogens with zero attached hydrogens (tertiary/aromatic N) is 2. The number of halogens is 3. The maximum Gasteiger partial charge on any atom is 0.417 e. The van der Waals surface area contributed by atoms with Crippen LogP contribution in [0, 0.1) is 6.92 Å². The van der Waals surface area contributed by atoms with Crippen molar-refractivity contribution in [2.75, 3.05) is 25.4 Å². The zero-order valence-electron chi connectivity index (χ0n) is 25.9. The van der Waals surface area contributed by atoms with Gasteiger partial charge in [-0.3, -0.25) is 4.98 Å². The van der Waals surface area contributed by atoms with Gasteiger partial charge in [0.05, 0.1) is 16.2 Å². The number of hydrogen-bond acceptors (Lipinski definition) is 8. The van der Waals surface area contributed by atoms with E-state index in [0.29, 0.717) is 5.56 Å². The summed E-state index contributed by atoms with van der Waals surface area (Å²) in [5, 5.41) is 4.66. The van der Waals surface area contributed by atoms with Gasteiger partial charge in [-0.25, -0.2) is 26.4 Å². The molecule has 1 atom stereocenters. The van der Waals surface area contributed by atoms with Crippen LogP contribution in [0.2, 0.25) is 0 Å². The number of carbonyl (C=O) groups is 2. The molecule has 256 valence electrons. The summed E-state index contributed by atoms with van der Waals surface area (Å²) in [6.07, 6.45) is -1.22. The van der Waals surface area contributed by atoms with E-state index >= 15 is 0 Å². The molecule has 0 aliphatic heterocycles. The number of hydrogen-bond donors (Lipinski definition) is 3. The van der Waals surface area contributed by atoms with Crippen molar-refractivity contribution in [1.82, 2.24) is 24.8 Å². The van der Waals surface area contributed by atoms with Crippen molar-refractivity contribution >= 4 is 32.0 Å².